The minimum atomic E-state index is -1.61. The summed E-state index contributed by atoms with van der Waals surface area (Å²) in [6.07, 6.45) is 75.5. The highest BCUT2D eigenvalue weighted by Crippen LogP contribution is 2.27. The van der Waals surface area contributed by atoms with Crippen molar-refractivity contribution >= 4 is 11.9 Å². The third-order valence-corrected chi connectivity index (χ3v) is 18.1. The topological polar surface area (TPSA) is 175 Å². The van der Waals surface area contributed by atoms with E-state index in [0.717, 1.165) is 70.6 Å². The van der Waals surface area contributed by atoms with Gasteiger partial charge in [-0.25, -0.2) is 0 Å². The van der Waals surface area contributed by atoms with Gasteiger partial charge in [0.05, 0.1) is 25.4 Å². The first-order valence-electron chi connectivity index (χ1n) is 38.6. The monoisotopic (exact) mass is 1270 g/mol. The average molecular weight is 1270 g/mol. The Balaban J connectivity index is 2.51. The summed E-state index contributed by atoms with van der Waals surface area (Å²) in [5, 5.41) is 57.4. The zero-order chi connectivity index (χ0) is 65.3. The van der Waals surface area contributed by atoms with E-state index in [4.69, 9.17) is 14.2 Å². The minimum Gasteiger partial charge on any atom is -0.454 e. The van der Waals surface area contributed by atoms with Crippen LogP contribution >= 0.6 is 0 Å². The zero-order valence-electron chi connectivity index (χ0n) is 58.8. The predicted molar refractivity (Wildman–Crippen MR) is 380 cm³/mol. The number of carbonyl (C=O) groups is 2. The lowest BCUT2D eigenvalue weighted by molar-refractivity contribution is -0.305. The molecule has 8 atom stereocenters. The van der Waals surface area contributed by atoms with Gasteiger partial charge in [0.15, 0.2) is 12.4 Å². The van der Waals surface area contributed by atoms with Gasteiger partial charge in [-0.1, -0.05) is 332 Å². The van der Waals surface area contributed by atoms with Crippen LogP contribution in [0.2, 0.25) is 0 Å². The van der Waals surface area contributed by atoms with E-state index in [1.807, 2.05) is 6.08 Å². The van der Waals surface area contributed by atoms with Crippen molar-refractivity contribution in [2.75, 3.05) is 13.2 Å². The summed E-state index contributed by atoms with van der Waals surface area (Å²) in [7, 11) is 0. The molecule has 0 saturated carbocycles. The fraction of sp³-hybridized carbons (Fsp3) is 0.848. The molecular weight excluding hydrogens is 1120 g/mol. The first kappa shape index (κ1) is 85.4. The number of allylic oxidation sites excluding steroid dienone is 9. The first-order valence-corrected chi connectivity index (χ1v) is 38.6. The molecule has 1 amide bonds. The van der Waals surface area contributed by atoms with Gasteiger partial charge in [-0.05, 0) is 89.9 Å². The maximum Gasteiger partial charge on any atom is 0.306 e. The Morgan fingerprint density at radius 1 is 0.433 bits per heavy atom. The van der Waals surface area contributed by atoms with Crippen LogP contribution in [0.15, 0.2) is 60.8 Å². The van der Waals surface area contributed by atoms with Crippen molar-refractivity contribution in [1.29, 1.82) is 0 Å². The van der Waals surface area contributed by atoms with Crippen LogP contribution in [0.5, 0.6) is 0 Å². The molecule has 1 fully saturated rings. The summed E-state index contributed by atoms with van der Waals surface area (Å²) >= 11 is 0. The molecule has 0 aromatic heterocycles. The number of hydrogen-bond donors (Lipinski definition) is 6. The van der Waals surface area contributed by atoms with Crippen LogP contribution in [0.4, 0.5) is 0 Å². The molecule has 0 bridgehead atoms. The Kier molecular flexibility index (Phi) is 63.0. The van der Waals surface area contributed by atoms with Crippen molar-refractivity contribution in [3.05, 3.63) is 60.8 Å². The molecular formula is C79H145NO10. The van der Waals surface area contributed by atoms with Crippen LogP contribution in [0.3, 0.4) is 0 Å². The Bertz CT molecular complexity index is 1700. The molecule has 0 aromatic rings. The standard InChI is InChI=1S/C79H145NO10/c1-4-7-10-13-16-19-22-25-27-29-31-33-35-36-37-39-40-42-44-46-48-51-54-57-60-63-66-72(83)78(87)80-70(71(82)65-62-59-56-53-50-24-21-18-15-12-9-6-3)69-88-79-77(76(86)75(85)73(68-81)89-79)90-74(84)67-64-61-58-55-52-49-47-45-43-41-38-34-32-30-28-26-23-20-17-14-11-8-5-2/h16-17,19-20,25-28,62,65,70-73,75-77,79,81-83,85-86H,4-15,18,21-24,29-61,63-64,66-69H2,1-3H3,(H,80,87)/b19-16-,20-17-,27-25-,28-26-,65-62+. The number of carbonyl (C=O) groups excluding carboxylic acids is 2. The van der Waals surface area contributed by atoms with E-state index in [-0.39, 0.29) is 13.0 Å². The summed E-state index contributed by atoms with van der Waals surface area (Å²) in [5.74, 6) is -1.18. The highest BCUT2D eigenvalue weighted by atomic mass is 16.7. The Labute approximate surface area is 554 Å². The molecule has 1 rings (SSSR count). The van der Waals surface area contributed by atoms with Gasteiger partial charge < -0.3 is 45.1 Å². The van der Waals surface area contributed by atoms with Gasteiger partial charge in [-0.2, -0.15) is 0 Å². The fourth-order valence-corrected chi connectivity index (χ4v) is 12.1. The number of rotatable bonds is 67. The van der Waals surface area contributed by atoms with Crippen molar-refractivity contribution in [2.45, 2.75) is 416 Å². The smallest absolute Gasteiger partial charge is 0.306 e. The highest BCUT2D eigenvalue weighted by molar-refractivity contribution is 5.80. The average Bonchev–Trinajstić information content (AvgIpc) is 1.11. The molecule has 1 saturated heterocycles. The van der Waals surface area contributed by atoms with Crippen molar-refractivity contribution in [1.82, 2.24) is 5.32 Å². The van der Waals surface area contributed by atoms with Crippen LogP contribution in [0, 0.1) is 0 Å². The summed E-state index contributed by atoms with van der Waals surface area (Å²) < 4.78 is 17.7. The van der Waals surface area contributed by atoms with E-state index >= 15 is 0 Å². The normalized spacial score (nSPS) is 18.3. The molecule has 0 aromatic carbocycles. The number of esters is 1. The van der Waals surface area contributed by atoms with Gasteiger partial charge in [0.25, 0.3) is 0 Å². The van der Waals surface area contributed by atoms with Crippen LogP contribution in [0.1, 0.15) is 367 Å². The molecule has 1 aliphatic rings. The van der Waals surface area contributed by atoms with Crippen molar-refractivity contribution in [3.63, 3.8) is 0 Å². The molecule has 6 N–H and O–H groups in total. The summed E-state index contributed by atoms with van der Waals surface area (Å²) in [6, 6.07) is -1.02. The number of aliphatic hydroxyl groups excluding tert-OH is 5. The maximum atomic E-state index is 13.5. The second-order valence-electron chi connectivity index (χ2n) is 26.7. The van der Waals surface area contributed by atoms with E-state index in [1.54, 1.807) is 6.08 Å². The van der Waals surface area contributed by atoms with Gasteiger partial charge in [0.2, 0.25) is 5.91 Å². The Morgan fingerprint density at radius 2 is 0.767 bits per heavy atom. The van der Waals surface area contributed by atoms with Crippen molar-refractivity contribution in [3.8, 4) is 0 Å². The number of aliphatic hydroxyl groups is 5. The molecule has 1 aliphatic heterocycles. The summed E-state index contributed by atoms with van der Waals surface area (Å²) in [4.78, 5) is 26.7. The van der Waals surface area contributed by atoms with E-state index in [0.29, 0.717) is 19.3 Å². The molecule has 1 heterocycles. The quantitative estimate of drug-likeness (QED) is 0.0195. The Hall–Kier alpha value is -2.64. The maximum absolute atomic E-state index is 13.5. The van der Waals surface area contributed by atoms with E-state index in [1.165, 1.54) is 250 Å². The van der Waals surface area contributed by atoms with Crippen LogP contribution in [0.25, 0.3) is 0 Å². The molecule has 90 heavy (non-hydrogen) atoms. The Morgan fingerprint density at radius 3 is 1.16 bits per heavy atom. The highest BCUT2D eigenvalue weighted by Gasteiger charge is 2.47. The number of nitrogens with one attached hydrogen (secondary N) is 1. The van der Waals surface area contributed by atoms with E-state index < -0.39 is 67.4 Å². The van der Waals surface area contributed by atoms with Gasteiger partial charge in [-0.15, -0.1) is 0 Å². The molecule has 0 radical (unpaired) electrons. The fourth-order valence-electron chi connectivity index (χ4n) is 12.1. The van der Waals surface area contributed by atoms with Crippen molar-refractivity contribution in [2.24, 2.45) is 0 Å². The SMILES string of the molecule is CCCCC/C=C\C/C=C\CCCCCCCCCCCCCCCCCCC(O)C(=O)NC(COC1OC(CO)C(O)C(O)C1OC(=O)CCCCCCCCCCCCCCC/C=C\C/C=C\CCCCC)C(O)/C=C/CCCCCCCCCCCC. The molecule has 526 valence electrons. The van der Waals surface area contributed by atoms with Gasteiger partial charge in [0, 0.05) is 6.42 Å². The number of hydrogen-bond acceptors (Lipinski definition) is 10. The van der Waals surface area contributed by atoms with Gasteiger partial charge in [0.1, 0.15) is 24.4 Å². The first-order chi connectivity index (χ1) is 44.2. The van der Waals surface area contributed by atoms with Crippen LogP contribution in [-0.2, 0) is 23.8 Å². The lowest BCUT2D eigenvalue weighted by Gasteiger charge is -2.41. The molecule has 0 spiro atoms. The largest absolute Gasteiger partial charge is 0.454 e. The predicted octanol–water partition coefficient (Wildman–Crippen LogP) is 20.5. The summed E-state index contributed by atoms with van der Waals surface area (Å²) in [6.45, 7) is 5.80. The van der Waals surface area contributed by atoms with Gasteiger partial charge >= 0.3 is 5.97 Å². The molecule has 11 heteroatoms. The zero-order valence-corrected chi connectivity index (χ0v) is 58.8. The number of unbranched alkanes of at least 4 members (excludes halogenated alkanes) is 45. The number of ether oxygens (including phenoxy) is 3. The van der Waals surface area contributed by atoms with E-state index in [2.05, 4.69) is 74.7 Å². The minimum absolute atomic E-state index is 0.124. The van der Waals surface area contributed by atoms with Crippen LogP contribution < -0.4 is 5.32 Å². The lowest BCUT2D eigenvalue weighted by atomic mass is 9.99. The van der Waals surface area contributed by atoms with Gasteiger partial charge in [-0.3, -0.25) is 9.59 Å². The lowest BCUT2D eigenvalue weighted by Crippen LogP contribution is -2.61. The second kappa shape index (κ2) is 66.4. The van der Waals surface area contributed by atoms with E-state index in [9.17, 15) is 35.1 Å². The molecule has 8 unspecified atom stereocenters. The second-order valence-corrected chi connectivity index (χ2v) is 26.7. The summed E-state index contributed by atoms with van der Waals surface area (Å²) in [5.41, 5.74) is 0. The third-order valence-electron chi connectivity index (χ3n) is 18.1. The third kappa shape index (κ3) is 52.7. The van der Waals surface area contributed by atoms with Crippen molar-refractivity contribution < 1.29 is 49.3 Å². The molecule has 11 nitrogen and oxygen atoms in total. The number of amides is 1. The van der Waals surface area contributed by atoms with Crippen LogP contribution in [-0.4, -0.2) is 99.6 Å². The molecule has 0 aliphatic carbocycles.